The Morgan fingerprint density at radius 3 is 2.44 bits per heavy atom. The fourth-order valence-electron chi connectivity index (χ4n) is 2.46. The van der Waals surface area contributed by atoms with Gasteiger partial charge in [0, 0.05) is 11.4 Å². The highest BCUT2D eigenvalue weighted by molar-refractivity contribution is 5.93. The van der Waals surface area contributed by atoms with E-state index in [2.05, 4.69) is 16.7 Å². The highest BCUT2D eigenvalue weighted by Crippen LogP contribution is 2.17. The lowest BCUT2D eigenvalue weighted by Crippen LogP contribution is -2.21. The van der Waals surface area contributed by atoms with Crippen molar-refractivity contribution in [2.24, 2.45) is 0 Å². The first-order chi connectivity index (χ1) is 13.2. The topological polar surface area (TPSA) is 74.2 Å². The smallest absolute Gasteiger partial charge is 0.243 e. The maximum Gasteiger partial charge on any atom is 0.243 e. The molecule has 0 fully saturated rings. The Hall–Kier alpha value is -3.78. The quantitative estimate of drug-likeness (QED) is 0.665. The highest BCUT2D eigenvalue weighted by atomic mass is 16.5. The minimum absolute atomic E-state index is 0.112. The molecule has 3 aromatic carbocycles. The Balaban J connectivity index is 1.47. The number of benzene rings is 3. The second-order valence-electron chi connectivity index (χ2n) is 5.89. The van der Waals surface area contributed by atoms with Gasteiger partial charge in [0.15, 0.2) is 0 Å². The van der Waals surface area contributed by atoms with E-state index in [1.54, 1.807) is 30.3 Å². The van der Waals surface area contributed by atoms with Crippen LogP contribution < -0.4 is 15.4 Å². The van der Waals surface area contributed by atoms with Crippen molar-refractivity contribution in [3.63, 3.8) is 0 Å². The number of ether oxygens (including phenoxy) is 1. The van der Waals surface area contributed by atoms with E-state index in [4.69, 9.17) is 10.00 Å². The lowest BCUT2D eigenvalue weighted by molar-refractivity contribution is -0.114. The summed E-state index contributed by atoms with van der Waals surface area (Å²) in [5.41, 5.74) is 3.07. The van der Waals surface area contributed by atoms with Gasteiger partial charge in [-0.05, 0) is 48.0 Å². The van der Waals surface area contributed by atoms with Crippen LogP contribution in [0.5, 0.6) is 5.75 Å². The van der Waals surface area contributed by atoms with Gasteiger partial charge in [0.2, 0.25) is 5.91 Å². The van der Waals surface area contributed by atoms with E-state index in [1.807, 2.05) is 48.5 Å². The number of nitrogens with zero attached hydrogens (tertiary/aromatic N) is 1. The van der Waals surface area contributed by atoms with E-state index in [0.717, 1.165) is 17.0 Å². The van der Waals surface area contributed by atoms with Gasteiger partial charge >= 0.3 is 0 Å². The summed E-state index contributed by atoms with van der Waals surface area (Å²) in [6.07, 6.45) is 0. The molecule has 0 radical (unpaired) electrons. The molecule has 5 heteroatoms. The van der Waals surface area contributed by atoms with Crippen molar-refractivity contribution in [1.29, 1.82) is 5.26 Å². The Morgan fingerprint density at radius 2 is 1.70 bits per heavy atom. The number of rotatable bonds is 7. The number of nitriles is 1. The highest BCUT2D eigenvalue weighted by Gasteiger charge is 2.04. The van der Waals surface area contributed by atoms with E-state index in [-0.39, 0.29) is 12.5 Å². The molecule has 0 spiro atoms. The van der Waals surface area contributed by atoms with E-state index in [9.17, 15) is 4.79 Å². The van der Waals surface area contributed by atoms with E-state index < -0.39 is 0 Å². The number of hydrogen-bond acceptors (Lipinski definition) is 4. The summed E-state index contributed by atoms with van der Waals surface area (Å²) in [5, 5.41) is 14.7. The zero-order valence-corrected chi connectivity index (χ0v) is 14.7. The molecule has 0 saturated heterocycles. The van der Waals surface area contributed by atoms with Crippen molar-refractivity contribution in [2.75, 3.05) is 17.2 Å². The molecule has 0 bridgehead atoms. The minimum Gasteiger partial charge on any atom is -0.489 e. The number of carbonyl (C=O) groups is 1. The maximum absolute atomic E-state index is 12.1. The monoisotopic (exact) mass is 357 g/mol. The van der Waals surface area contributed by atoms with Gasteiger partial charge in [-0.3, -0.25) is 4.79 Å². The molecule has 0 aliphatic carbocycles. The van der Waals surface area contributed by atoms with Gasteiger partial charge in [0.1, 0.15) is 12.4 Å². The number of hydrogen-bond donors (Lipinski definition) is 2. The van der Waals surface area contributed by atoms with Crippen LogP contribution in [0.2, 0.25) is 0 Å². The number of amides is 1. The summed E-state index contributed by atoms with van der Waals surface area (Å²) >= 11 is 0. The van der Waals surface area contributed by atoms with Gasteiger partial charge in [-0.25, -0.2) is 0 Å². The normalized spacial score (nSPS) is 9.89. The summed E-state index contributed by atoms with van der Waals surface area (Å²) in [6, 6.07) is 26.2. The number of carbonyl (C=O) groups excluding carboxylic acids is 1. The van der Waals surface area contributed by atoms with Crippen LogP contribution in [0.1, 0.15) is 11.1 Å². The minimum atomic E-state index is -0.171. The van der Waals surface area contributed by atoms with Crippen molar-refractivity contribution in [3.05, 3.63) is 90.0 Å². The zero-order valence-electron chi connectivity index (χ0n) is 14.7. The van der Waals surface area contributed by atoms with Crippen LogP contribution in [-0.2, 0) is 11.4 Å². The molecule has 3 aromatic rings. The molecule has 0 aliphatic heterocycles. The molecular weight excluding hydrogens is 338 g/mol. The second kappa shape index (κ2) is 9.07. The summed E-state index contributed by atoms with van der Waals surface area (Å²) in [6.45, 7) is 0.610. The molecule has 0 aromatic heterocycles. The molecule has 0 aliphatic rings. The van der Waals surface area contributed by atoms with Crippen molar-refractivity contribution < 1.29 is 9.53 Å². The van der Waals surface area contributed by atoms with Crippen LogP contribution in [0.25, 0.3) is 0 Å². The third-order valence-electron chi connectivity index (χ3n) is 3.83. The molecule has 0 atom stereocenters. The fourth-order valence-corrected chi connectivity index (χ4v) is 2.46. The summed E-state index contributed by atoms with van der Waals surface area (Å²) in [4.78, 5) is 12.1. The predicted octanol–water partition coefficient (Wildman–Crippen LogP) is 4.19. The van der Waals surface area contributed by atoms with Crippen LogP contribution in [0.4, 0.5) is 11.4 Å². The maximum atomic E-state index is 12.1. The molecule has 134 valence electrons. The first-order valence-corrected chi connectivity index (χ1v) is 8.53. The predicted molar refractivity (Wildman–Crippen MR) is 105 cm³/mol. The van der Waals surface area contributed by atoms with Crippen molar-refractivity contribution >= 4 is 17.3 Å². The average molecular weight is 357 g/mol. The SMILES string of the molecule is N#Cc1cccc(NCC(=O)Nc2ccc(OCc3ccccc3)cc2)c1. The molecule has 27 heavy (non-hydrogen) atoms. The third kappa shape index (κ3) is 5.62. The Kier molecular flexibility index (Phi) is 6.05. The van der Waals surface area contributed by atoms with Gasteiger partial charge in [-0.1, -0.05) is 36.4 Å². The van der Waals surface area contributed by atoms with Gasteiger partial charge in [0.25, 0.3) is 0 Å². The van der Waals surface area contributed by atoms with Gasteiger partial charge < -0.3 is 15.4 Å². The standard InChI is InChI=1S/C22H19N3O2/c23-14-18-7-4-8-20(13-18)24-15-22(26)25-19-9-11-21(12-10-19)27-16-17-5-2-1-3-6-17/h1-13,24H,15-16H2,(H,25,26). The molecule has 0 unspecified atom stereocenters. The summed E-state index contributed by atoms with van der Waals surface area (Å²) in [5.74, 6) is 0.568. The van der Waals surface area contributed by atoms with E-state index in [1.165, 1.54) is 0 Å². The largest absolute Gasteiger partial charge is 0.489 e. The first kappa shape index (κ1) is 18.0. The van der Waals surface area contributed by atoms with E-state index in [0.29, 0.717) is 17.9 Å². The van der Waals surface area contributed by atoms with Crippen LogP contribution in [0.15, 0.2) is 78.9 Å². The van der Waals surface area contributed by atoms with Crippen LogP contribution in [0, 0.1) is 11.3 Å². The van der Waals surface area contributed by atoms with Crippen molar-refractivity contribution in [1.82, 2.24) is 0 Å². The third-order valence-corrected chi connectivity index (χ3v) is 3.83. The molecule has 0 saturated carbocycles. The second-order valence-corrected chi connectivity index (χ2v) is 5.89. The fraction of sp³-hybridized carbons (Fsp3) is 0.0909. The van der Waals surface area contributed by atoms with Crippen LogP contribution in [-0.4, -0.2) is 12.5 Å². The van der Waals surface area contributed by atoms with Gasteiger partial charge in [-0.15, -0.1) is 0 Å². The Morgan fingerprint density at radius 1 is 0.926 bits per heavy atom. The Bertz CT molecular complexity index is 932. The zero-order chi connectivity index (χ0) is 18.9. The molecule has 1 amide bonds. The van der Waals surface area contributed by atoms with Crippen molar-refractivity contribution in [3.8, 4) is 11.8 Å². The molecular formula is C22H19N3O2. The number of nitrogens with one attached hydrogen (secondary N) is 2. The first-order valence-electron chi connectivity index (χ1n) is 8.53. The lowest BCUT2D eigenvalue weighted by atomic mass is 10.2. The average Bonchev–Trinajstić information content (AvgIpc) is 2.73. The van der Waals surface area contributed by atoms with Crippen LogP contribution >= 0.6 is 0 Å². The lowest BCUT2D eigenvalue weighted by Gasteiger charge is -2.10. The molecule has 5 nitrogen and oxygen atoms in total. The summed E-state index contributed by atoms with van der Waals surface area (Å²) in [7, 11) is 0. The number of anilines is 2. The van der Waals surface area contributed by atoms with E-state index >= 15 is 0 Å². The summed E-state index contributed by atoms with van der Waals surface area (Å²) < 4.78 is 5.73. The Labute approximate surface area is 158 Å². The van der Waals surface area contributed by atoms with Crippen molar-refractivity contribution in [2.45, 2.75) is 6.61 Å². The van der Waals surface area contributed by atoms with Gasteiger partial charge in [0.05, 0.1) is 18.2 Å². The molecule has 3 rings (SSSR count). The van der Waals surface area contributed by atoms with Crippen LogP contribution in [0.3, 0.4) is 0 Å². The molecule has 0 heterocycles. The van der Waals surface area contributed by atoms with Gasteiger partial charge in [-0.2, -0.15) is 5.26 Å². The molecule has 2 N–H and O–H groups in total.